The van der Waals surface area contributed by atoms with Crippen LogP contribution in [0.25, 0.3) is 0 Å². The van der Waals surface area contributed by atoms with Crippen molar-refractivity contribution in [1.29, 1.82) is 0 Å². The Morgan fingerprint density at radius 1 is 1.38 bits per heavy atom. The molecule has 3 heterocycles. The van der Waals surface area contributed by atoms with Gasteiger partial charge in [-0.25, -0.2) is 8.42 Å². The quantitative estimate of drug-likeness (QED) is 0.825. The van der Waals surface area contributed by atoms with Crippen LogP contribution >= 0.6 is 11.3 Å². The number of aryl methyl sites for hydroxylation is 1. The van der Waals surface area contributed by atoms with Gasteiger partial charge in [-0.15, -0.1) is 11.3 Å². The Bertz CT molecular complexity index is 841. The molecule has 2 aromatic heterocycles. The Morgan fingerprint density at radius 3 is 2.79 bits per heavy atom. The lowest BCUT2D eigenvalue weighted by Crippen LogP contribution is -2.35. The number of sulfone groups is 1. The molecule has 0 bridgehead atoms. The summed E-state index contributed by atoms with van der Waals surface area (Å²) in [6.45, 7) is 2.32. The molecule has 0 spiro atoms. The molecule has 1 saturated heterocycles. The molecule has 9 heteroatoms. The lowest BCUT2D eigenvalue weighted by Gasteiger charge is -2.27. The van der Waals surface area contributed by atoms with E-state index in [0.717, 1.165) is 43.3 Å². The van der Waals surface area contributed by atoms with Crippen molar-refractivity contribution >= 4 is 27.1 Å². The standard InChI is InChI=1S/C15H19N3O4S2/c1-10-16-14(17-22-10)12-6-4-3-5-7-18(12)15(19)11-8-13(23-9-11)24(2,20)21/h8-9,12H,3-7H2,1-2H3. The molecule has 0 aliphatic carbocycles. The van der Waals surface area contributed by atoms with Crippen molar-refractivity contribution < 1.29 is 17.7 Å². The maximum Gasteiger partial charge on any atom is 0.255 e. The average molecular weight is 369 g/mol. The van der Waals surface area contributed by atoms with Gasteiger partial charge in [0.05, 0.1) is 11.6 Å². The SMILES string of the molecule is Cc1nc(C2CCCCCN2C(=O)c2csc(S(C)(=O)=O)c2)no1. The zero-order valence-electron chi connectivity index (χ0n) is 13.6. The van der Waals surface area contributed by atoms with Gasteiger partial charge in [-0.2, -0.15) is 4.98 Å². The van der Waals surface area contributed by atoms with Crippen LogP contribution in [0.1, 0.15) is 53.8 Å². The number of rotatable bonds is 3. The van der Waals surface area contributed by atoms with E-state index in [1.807, 2.05) is 0 Å². The molecule has 0 N–H and O–H groups in total. The number of hydrogen-bond donors (Lipinski definition) is 0. The van der Waals surface area contributed by atoms with Crippen molar-refractivity contribution in [3.8, 4) is 0 Å². The molecule has 1 aliphatic heterocycles. The molecular weight excluding hydrogens is 350 g/mol. The molecule has 0 radical (unpaired) electrons. The minimum atomic E-state index is -3.31. The number of amides is 1. The van der Waals surface area contributed by atoms with Crippen LogP contribution in [-0.4, -0.2) is 42.2 Å². The molecule has 1 fully saturated rings. The third-order valence-electron chi connectivity index (χ3n) is 4.04. The summed E-state index contributed by atoms with van der Waals surface area (Å²) in [6, 6.07) is 1.21. The molecular formula is C15H19N3O4S2. The van der Waals surface area contributed by atoms with Crippen molar-refractivity contribution in [1.82, 2.24) is 15.0 Å². The minimum Gasteiger partial charge on any atom is -0.340 e. The maximum absolute atomic E-state index is 12.9. The first-order chi connectivity index (χ1) is 11.4. The Morgan fingerprint density at radius 2 is 2.17 bits per heavy atom. The summed E-state index contributed by atoms with van der Waals surface area (Å²) in [7, 11) is -3.31. The van der Waals surface area contributed by atoms with Crippen molar-refractivity contribution in [2.75, 3.05) is 12.8 Å². The fourth-order valence-electron chi connectivity index (χ4n) is 2.86. The molecule has 130 valence electrons. The molecule has 1 atom stereocenters. The van der Waals surface area contributed by atoms with Crippen LogP contribution < -0.4 is 0 Å². The molecule has 0 aromatic carbocycles. The summed E-state index contributed by atoms with van der Waals surface area (Å²) >= 11 is 1.07. The summed E-state index contributed by atoms with van der Waals surface area (Å²) in [5.74, 6) is 0.799. The van der Waals surface area contributed by atoms with Gasteiger partial charge in [-0.05, 0) is 18.9 Å². The lowest BCUT2D eigenvalue weighted by molar-refractivity contribution is 0.0671. The van der Waals surface area contributed by atoms with E-state index >= 15 is 0 Å². The molecule has 1 aliphatic rings. The largest absolute Gasteiger partial charge is 0.340 e. The van der Waals surface area contributed by atoms with Crippen LogP contribution in [0.3, 0.4) is 0 Å². The highest BCUT2D eigenvalue weighted by Gasteiger charge is 2.31. The van der Waals surface area contributed by atoms with Crippen molar-refractivity contribution in [2.45, 2.75) is 42.9 Å². The summed E-state index contributed by atoms with van der Waals surface area (Å²) in [5.41, 5.74) is 0.396. The van der Waals surface area contributed by atoms with Gasteiger partial charge in [0.15, 0.2) is 15.7 Å². The fourth-order valence-corrected chi connectivity index (χ4v) is 4.65. The number of likely N-dealkylation sites (tertiary alicyclic amines) is 1. The van der Waals surface area contributed by atoms with Gasteiger partial charge >= 0.3 is 0 Å². The van der Waals surface area contributed by atoms with Crippen LogP contribution in [0.15, 0.2) is 20.2 Å². The van der Waals surface area contributed by atoms with E-state index in [1.165, 1.54) is 6.07 Å². The monoisotopic (exact) mass is 369 g/mol. The van der Waals surface area contributed by atoms with Gasteiger partial charge in [-0.3, -0.25) is 4.79 Å². The first kappa shape index (κ1) is 17.1. The Balaban J connectivity index is 1.91. The Labute approximate surface area is 144 Å². The van der Waals surface area contributed by atoms with Crippen LogP contribution in [-0.2, 0) is 9.84 Å². The zero-order chi connectivity index (χ0) is 17.3. The molecule has 3 rings (SSSR count). The maximum atomic E-state index is 12.9. The van der Waals surface area contributed by atoms with E-state index < -0.39 is 9.84 Å². The van der Waals surface area contributed by atoms with E-state index in [4.69, 9.17) is 4.52 Å². The van der Waals surface area contributed by atoms with Crippen molar-refractivity contribution in [3.05, 3.63) is 28.7 Å². The van der Waals surface area contributed by atoms with Crippen LogP contribution in [0.4, 0.5) is 0 Å². The van der Waals surface area contributed by atoms with Gasteiger partial charge in [-0.1, -0.05) is 18.0 Å². The zero-order valence-corrected chi connectivity index (χ0v) is 15.2. The highest BCUT2D eigenvalue weighted by atomic mass is 32.2. The number of thiophene rings is 1. The molecule has 1 unspecified atom stereocenters. The third kappa shape index (κ3) is 3.51. The second-order valence-corrected chi connectivity index (χ2v) is 9.12. The number of carbonyl (C=O) groups excluding carboxylic acids is 1. The van der Waals surface area contributed by atoms with E-state index in [0.29, 0.717) is 23.8 Å². The first-order valence-corrected chi connectivity index (χ1v) is 10.5. The molecule has 2 aromatic rings. The molecule has 24 heavy (non-hydrogen) atoms. The van der Waals surface area contributed by atoms with Crippen LogP contribution in [0.5, 0.6) is 0 Å². The van der Waals surface area contributed by atoms with E-state index in [1.54, 1.807) is 17.2 Å². The smallest absolute Gasteiger partial charge is 0.255 e. The second-order valence-electron chi connectivity index (χ2n) is 5.96. The third-order valence-corrected chi connectivity index (χ3v) is 6.81. The highest BCUT2D eigenvalue weighted by molar-refractivity contribution is 7.92. The second kappa shape index (κ2) is 6.64. The van der Waals surface area contributed by atoms with Gasteiger partial charge in [0.2, 0.25) is 5.89 Å². The predicted octanol–water partition coefficient (Wildman–Crippen LogP) is 2.60. The van der Waals surface area contributed by atoms with Crippen molar-refractivity contribution in [2.24, 2.45) is 0 Å². The Hall–Kier alpha value is -1.74. The van der Waals surface area contributed by atoms with Gasteiger partial charge < -0.3 is 9.42 Å². The minimum absolute atomic E-state index is 0.185. The topological polar surface area (TPSA) is 93.4 Å². The van der Waals surface area contributed by atoms with Gasteiger partial charge in [0.1, 0.15) is 4.21 Å². The Kier molecular flexibility index (Phi) is 4.73. The normalized spacial score (nSPS) is 19.2. The number of aromatic nitrogens is 2. The summed E-state index contributed by atoms with van der Waals surface area (Å²) in [6.07, 6.45) is 4.84. The summed E-state index contributed by atoms with van der Waals surface area (Å²) < 4.78 is 28.5. The van der Waals surface area contributed by atoms with E-state index in [2.05, 4.69) is 10.1 Å². The number of hydrogen-bond acceptors (Lipinski definition) is 7. The highest BCUT2D eigenvalue weighted by Crippen LogP contribution is 2.31. The van der Waals surface area contributed by atoms with Crippen LogP contribution in [0, 0.1) is 6.92 Å². The average Bonchev–Trinajstić information content (AvgIpc) is 3.10. The van der Waals surface area contributed by atoms with Crippen molar-refractivity contribution in [3.63, 3.8) is 0 Å². The van der Waals surface area contributed by atoms with Crippen LogP contribution in [0.2, 0.25) is 0 Å². The molecule has 1 amide bonds. The van der Waals surface area contributed by atoms with Gasteiger partial charge in [0.25, 0.3) is 5.91 Å². The number of carbonyl (C=O) groups is 1. The lowest BCUT2D eigenvalue weighted by atomic mass is 10.1. The molecule has 7 nitrogen and oxygen atoms in total. The number of nitrogens with zero attached hydrogens (tertiary/aromatic N) is 3. The first-order valence-electron chi connectivity index (χ1n) is 7.76. The van der Waals surface area contributed by atoms with E-state index in [9.17, 15) is 13.2 Å². The summed E-state index contributed by atoms with van der Waals surface area (Å²) in [4.78, 5) is 19.0. The molecule has 0 saturated carbocycles. The predicted molar refractivity (Wildman–Crippen MR) is 88.7 cm³/mol. The van der Waals surface area contributed by atoms with Gasteiger partial charge in [0, 0.05) is 25.1 Å². The summed E-state index contributed by atoms with van der Waals surface area (Å²) in [5, 5.41) is 5.58. The van der Waals surface area contributed by atoms with E-state index in [-0.39, 0.29) is 16.2 Å². The fraction of sp³-hybridized carbons (Fsp3) is 0.533.